The van der Waals surface area contributed by atoms with Crippen molar-refractivity contribution in [3.8, 4) is 0 Å². The van der Waals surface area contributed by atoms with E-state index in [0.29, 0.717) is 12.5 Å². The van der Waals surface area contributed by atoms with E-state index >= 15 is 0 Å². The van der Waals surface area contributed by atoms with E-state index in [1.807, 2.05) is 46.8 Å². The standard InChI is InChI=1S/C19H34N4O3.HI/c1-8-9-15(23-18(24)26-19(4,5)6)12-21-17(20-7)22-14(3)16-11-10-13(2)25-16;/h10-11,14-15H,8-9,12H2,1-7H3,(H,23,24)(H2,20,21,22);1H. The van der Waals surface area contributed by atoms with Crippen LogP contribution in [0.15, 0.2) is 21.5 Å². The first-order valence-corrected chi connectivity index (χ1v) is 9.17. The molecule has 0 aromatic carbocycles. The molecule has 2 atom stereocenters. The van der Waals surface area contributed by atoms with Crippen molar-refractivity contribution < 1.29 is 13.9 Å². The summed E-state index contributed by atoms with van der Waals surface area (Å²) in [6.45, 7) is 12.1. The van der Waals surface area contributed by atoms with Gasteiger partial charge in [-0.15, -0.1) is 24.0 Å². The number of ether oxygens (including phenoxy) is 1. The Labute approximate surface area is 180 Å². The summed E-state index contributed by atoms with van der Waals surface area (Å²) in [5.41, 5.74) is -0.511. The first-order chi connectivity index (χ1) is 12.1. The van der Waals surface area contributed by atoms with Crippen LogP contribution >= 0.6 is 24.0 Å². The molecule has 0 aliphatic rings. The Balaban J connectivity index is 0.00000676. The summed E-state index contributed by atoms with van der Waals surface area (Å²) in [4.78, 5) is 16.2. The van der Waals surface area contributed by atoms with Crippen molar-refractivity contribution in [2.45, 2.75) is 72.1 Å². The van der Waals surface area contributed by atoms with Crippen LogP contribution in [0.1, 0.15) is 65.0 Å². The number of furan rings is 1. The molecule has 7 nitrogen and oxygen atoms in total. The molecule has 0 aliphatic heterocycles. The van der Waals surface area contributed by atoms with Gasteiger partial charge in [-0.3, -0.25) is 4.99 Å². The normalized spacial score (nSPS) is 14.0. The van der Waals surface area contributed by atoms with E-state index in [0.717, 1.165) is 24.4 Å². The van der Waals surface area contributed by atoms with Gasteiger partial charge in [0.2, 0.25) is 0 Å². The van der Waals surface area contributed by atoms with Crippen LogP contribution in [0.5, 0.6) is 0 Å². The van der Waals surface area contributed by atoms with Gasteiger partial charge in [-0.2, -0.15) is 0 Å². The molecule has 1 aromatic rings. The van der Waals surface area contributed by atoms with Gasteiger partial charge in [-0.05, 0) is 53.2 Å². The number of nitrogens with zero attached hydrogens (tertiary/aromatic N) is 1. The molecule has 0 saturated carbocycles. The number of rotatable bonds is 7. The van der Waals surface area contributed by atoms with E-state index in [4.69, 9.17) is 9.15 Å². The predicted molar refractivity (Wildman–Crippen MR) is 120 cm³/mol. The number of nitrogens with one attached hydrogen (secondary N) is 3. The van der Waals surface area contributed by atoms with E-state index in [1.54, 1.807) is 7.05 Å². The maximum atomic E-state index is 12.0. The summed E-state index contributed by atoms with van der Waals surface area (Å²) < 4.78 is 11.0. The highest BCUT2D eigenvalue weighted by atomic mass is 127. The minimum atomic E-state index is -0.511. The second-order valence-electron chi connectivity index (χ2n) is 7.40. The summed E-state index contributed by atoms with van der Waals surface area (Å²) in [6, 6.07) is 3.82. The fourth-order valence-electron chi connectivity index (χ4n) is 2.42. The molecule has 8 heteroatoms. The average Bonchev–Trinajstić information content (AvgIpc) is 2.96. The molecule has 1 aromatic heterocycles. The number of amides is 1. The molecule has 0 fully saturated rings. The lowest BCUT2D eigenvalue weighted by atomic mass is 10.1. The SMILES string of the molecule is CCCC(CNC(=NC)NC(C)c1ccc(C)o1)NC(=O)OC(C)(C)C.I. The molecule has 3 N–H and O–H groups in total. The van der Waals surface area contributed by atoms with Crippen molar-refractivity contribution in [2.24, 2.45) is 4.99 Å². The third kappa shape index (κ3) is 10.5. The van der Waals surface area contributed by atoms with Crippen LogP contribution in [-0.4, -0.2) is 37.3 Å². The molecule has 27 heavy (non-hydrogen) atoms. The van der Waals surface area contributed by atoms with Gasteiger partial charge in [0, 0.05) is 19.6 Å². The van der Waals surface area contributed by atoms with Crippen molar-refractivity contribution in [1.82, 2.24) is 16.0 Å². The highest BCUT2D eigenvalue weighted by Gasteiger charge is 2.19. The molecule has 0 saturated heterocycles. The van der Waals surface area contributed by atoms with Crippen LogP contribution < -0.4 is 16.0 Å². The molecule has 1 rings (SSSR count). The lowest BCUT2D eigenvalue weighted by molar-refractivity contribution is 0.0502. The molecule has 0 bridgehead atoms. The lowest BCUT2D eigenvalue weighted by Gasteiger charge is -2.24. The summed E-state index contributed by atoms with van der Waals surface area (Å²) in [5.74, 6) is 2.38. The second kappa shape index (κ2) is 12.1. The molecule has 1 amide bonds. The Morgan fingerprint density at radius 2 is 1.96 bits per heavy atom. The third-order valence-corrected chi connectivity index (χ3v) is 3.64. The number of halogens is 1. The van der Waals surface area contributed by atoms with Gasteiger partial charge in [-0.1, -0.05) is 13.3 Å². The molecular weight excluding hydrogens is 459 g/mol. The first-order valence-electron chi connectivity index (χ1n) is 9.17. The largest absolute Gasteiger partial charge is 0.464 e. The maximum Gasteiger partial charge on any atom is 0.407 e. The predicted octanol–water partition coefficient (Wildman–Crippen LogP) is 4.13. The van der Waals surface area contributed by atoms with Crippen LogP contribution in [-0.2, 0) is 4.74 Å². The zero-order valence-corrected chi connectivity index (χ0v) is 19.8. The van der Waals surface area contributed by atoms with Gasteiger partial charge in [0.1, 0.15) is 17.1 Å². The van der Waals surface area contributed by atoms with E-state index in [-0.39, 0.29) is 36.1 Å². The fraction of sp³-hybridized carbons (Fsp3) is 0.684. The average molecular weight is 494 g/mol. The minimum absolute atomic E-state index is 0. The highest BCUT2D eigenvalue weighted by molar-refractivity contribution is 14.0. The van der Waals surface area contributed by atoms with Crippen LogP contribution in [0.3, 0.4) is 0 Å². The smallest absolute Gasteiger partial charge is 0.407 e. The second-order valence-corrected chi connectivity index (χ2v) is 7.40. The van der Waals surface area contributed by atoms with Crippen LogP contribution in [0.2, 0.25) is 0 Å². The Morgan fingerprint density at radius 1 is 1.30 bits per heavy atom. The fourth-order valence-corrected chi connectivity index (χ4v) is 2.42. The molecule has 1 heterocycles. The minimum Gasteiger partial charge on any atom is -0.464 e. The van der Waals surface area contributed by atoms with Crippen molar-refractivity contribution in [3.05, 3.63) is 23.7 Å². The molecular formula is C19H35IN4O3. The maximum absolute atomic E-state index is 12.0. The number of hydrogen-bond donors (Lipinski definition) is 3. The van der Waals surface area contributed by atoms with E-state index in [1.165, 1.54) is 0 Å². The quantitative estimate of drug-likeness (QED) is 0.302. The van der Waals surface area contributed by atoms with E-state index < -0.39 is 11.7 Å². The van der Waals surface area contributed by atoms with Gasteiger partial charge in [0.25, 0.3) is 0 Å². The van der Waals surface area contributed by atoms with Crippen LogP contribution in [0.25, 0.3) is 0 Å². The number of guanidine groups is 1. The number of aliphatic imine (C=N–C) groups is 1. The van der Waals surface area contributed by atoms with Crippen molar-refractivity contribution in [3.63, 3.8) is 0 Å². The van der Waals surface area contributed by atoms with Crippen LogP contribution in [0, 0.1) is 6.92 Å². The summed E-state index contributed by atoms with van der Waals surface area (Å²) >= 11 is 0. The zero-order chi connectivity index (χ0) is 19.7. The highest BCUT2D eigenvalue weighted by Crippen LogP contribution is 2.15. The number of aryl methyl sites for hydroxylation is 1. The number of carbonyl (C=O) groups excluding carboxylic acids is 1. The van der Waals surface area contributed by atoms with Gasteiger partial charge in [-0.25, -0.2) is 4.79 Å². The molecule has 0 spiro atoms. The summed E-state index contributed by atoms with van der Waals surface area (Å²) in [5, 5.41) is 9.46. The van der Waals surface area contributed by atoms with Gasteiger partial charge in [0.05, 0.1) is 6.04 Å². The van der Waals surface area contributed by atoms with E-state index in [9.17, 15) is 4.79 Å². The Morgan fingerprint density at radius 3 is 2.44 bits per heavy atom. The van der Waals surface area contributed by atoms with Crippen LogP contribution in [0.4, 0.5) is 4.79 Å². The lowest BCUT2D eigenvalue weighted by Crippen LogP contribution is -2.48. The van der Waals surface area contributed by atoms with Crippen molar-refractivity contribution in [1.29, 1.82) is 0 Å². The molecule has 0 radical (unpaired) electrons. The van der Waals surface area contributed by atoms with Crippen molar-refractivity contribution in [2.75, 3.05) is 13.6 Å². The zero-order valence-electron chi connectivity index (χ0n) is 17.5. The Hall–Kier alpha value is -1.45. The number of carbonyl (C=O) groups is 1. The summed E-state index contributed by atoms with van der Waals surface area (Å²) in [7, 11) is 1.71. The van der Waals surface area contributed by atoms with Gasteiger partial charge >= 0.3 is 6.09 Å². The molecule has 2 unspecified atom stereocenters. The summed E-state index contributed by atoms with van der Waals surface area (Å²) in [6.07, 6.45) is 1.40. The third-order valence-electron chi connectivity index (χ3n) is 3.64. The Kier molecular flexibility index (Phi) is 11.4. The molecule has 156 valence electrons. The topological polar surface area (TPSA) is 87.9 Å². The van der Waals surface area contributed by atoms with Crippen molar-refractivity contribution >= 4 is 36.0 Å². The Bertz CT molecular complexity index is 596. The van der Waals surface area contributed by atoms with Gasteiger partial charge < -0.3 is 25.1 Å². The first kappa shape index (κ1) is 25.6. The number of alkyl carbamates (subject to hydrolysis) is 1. The van der Waals surface area contributed by atoms with Gasteiger partial charge in [0.15, 0.2) is 5.96 Å². The van der Waals surface area contributed by atoms with E-state index in [2.05, 4.69) is 27.9 Å². The molecule has 0 aliphatic carbocycles. The number of hydrogen-bond acceptors (Lipinski definition) is 4. The monoisotopic (exact) mass is 494 g/mol.